The zero-order chi connectivity index (χ0) is 8.53. The van der Waals surface area contributed by atoms with Crippen LogP contribution < -0.4 is 0 Å². The first kappa shape index (κ1) is 10.3. The molecular formula is C8H12N2S. The monoisotopic (exact) mass is 168 g/mol. The van der Waals surface area contributed by atoms with Gasteiger partial charge in [-0.25, -0.2) is 0 Å². The molecule has 0 saturated carbocycles. The molecule has 0 aliphatic heterocycles. The Balaban J connectivity index is 3.45. The van der Waals surface area contributed by atoms with Gasteiger partial charge >= 0.3 is 0 Å². The predicted octanol–water partition coefficient (Wildman–Crippen LogP) is 2.18. The van der Waals surface area contributed by atoms with Crippen molar-refractivity contribution in [1.82, 2.24) is 0 Å². The first-order chi connectivity index (χ1) is 5.35. The number of nitriles is 2. The minimum Gasteiger partial charge on any atom is -0.198 e. The number of hydrogen-bond donors (Lipinski definition) is 0. The van der Waals surface area contributed by atoms with E-state index in [0.717, 1.165) is 17.9 Å². The molecule has 0 aliphatic carbocycles. The van der Waals surface area contributed by atoms with Crippen LogP contribution in [0.1, 0.15) is 19.8 Å². The summed E-state index contributed by atoms with van der Waals surface area (Å²) in [7, 11) is 0. The SMILES string of the molecule is CCSC[C@H](C#N)CCC#N. The van der Waals surface area contributed by atoms with Crippen LogP contribution in [0.2, 0.25) is 0 Å². The predicted molar refractivity (Wildman–Crippen MR) is 46.9 cm³/mol. The molecule has 3 heteroatoms. The summed E-state index contributed by atoms with van der Waals surface area (Å²) >= 11 is 1.76. The van der Waals surface area contributed by atoms with Crippen molar-refractivity contribution < 1.29 is 0 Å². The number of nitrogens with zero attached hydrogens (tertiary/aromatic N) is 2. The van der Waals surface area contributed by atoms with Gasteiger partial charge in [0.1, 0.15) is 0 Å². The van der Waals surface area contributed by atoms with Gasteiger partial charge in [-0.05, 0) is 12.2 Å². The first-order valence-corrected chi connectivity index (χ1v) is 4.85. The molecule has 0 bridgehead atoms. The lowest BCUT2D eigenvalue weighted by atomic mass is 10.1. The molecule has 0 aliphatic rings. The Hall–Kier alpha value is -0.670. The van der Waals surface area contributed by atoms with Crippen molar-refractivity contribution in [2.24, 2.45) is 5.92 Å². The molecule has 1 atom stereocenters. The fraction of sp³-hybridized carbons (Fsp3) is 0.750. The molecule has 0 fully saturated rings. The zero-order valence-corrected chi connectivity index (χ0v) is 7.52. The van der Waals surface area contributed by atoms with E-state index in [1.54, 1.807) is 11.8 Å². The summed E-state index contributed by atoms with van der Waals surface area (Å²) in [5, 5.41) is 16.9. The van der Waals surface area contributed by atoms with E-state index in [1.165, 1.54) is 0 Å². The Labute approximate surface area is 72.2 Å². The second-order valence-electron chi connectivity index (χ2n) is 2.18. The Bertz CT molecular complexity index is 166. The van der Waals surface area contributed by atoms with E-state index in [2.05, 4.69) is 13.0 Å². The Kier molecular flexibility index (Phi) is 6.98. The van der Waals surface area contributed by atoms with Crippen LogP contribution in [-0.2, 0) is 0 Å². The summed E-state index contributed by atoms with van der Waals surface area (Å²) in [6, 6.07) is 4.25. The van der Waals surface area contributed by atoms with E-state index in [4.69, 9.17) is 10.5 Å². The maximum absolute atomic E-state index is 8.61. The minimum absolute atomic E-state index is 0.0691. The lowest BCUT2D eigenvalue weighted by Crippen LogP contribution is -2.00. The molecule has 0 saturated heterocycles. The average Bonchev–Trinajstić information content (AvgIpc) is 2.05. The van der Waals surface area contributed by atoms with E-state index < -0.39 is 0 Å². The molecule has 2 nitrogen and oxygen atoms in total. The van der Waals surface area contributed by atoms with Gasteiger partial charge in [0.2, 0.25) is 0 Å². The smallest absolute Gasteiger partial charge is 0.0664 e. The van der Waals surface area contributed by atoms with Crippen LogP contribution in [0, 0.1) is 28.6 Å². The molecule has 11 heavy (non-hydrogen) atoms. The van der Waals surface area contributed by atoms with Crippen molar-refractivity contribution in [1.29, 1.82) is 10.5 Å². The number of hydrogen-bond acceptors (Lipinski definition) is 3. The molecule has 0 spiro atoms. The van der Waals surface area contributed by atoms with Gasteiger partial charge in [0.15, 0.2) is 0 Å². The van der Waals surface area contributed by atoms with Crippen LogP contribution >= 0.6 is 11.8 Å². The third-order valence-electron chi connectivity index (χ3n) is 1.31. The van der Waals surface area contributed by atoms with Crippen LogP contribution in [0.15, 0.2) is 0 Å². The van der Waals surface area contributed by atoms with E-state index in [9.17, 15) is 0 Å². The quantitative estimate of drug-likeness (QED) is 0.632. The topological polar surface area (TPSA) is 47.6 Å². The van der Waals surface area contributed by atoms with Gasteiger partial charge < -0.3 is 0 Å². The molecule has 0 radical (unpaired) electrons. The largest absolute Gasteiger partial charge is 0.198 e. The van der Waals surface area contributed by atoms with Crippen molar-refractivity contribution in [3.8, 4) is 12.1 Å². The Morgan fingerprint density at radius 1 is 1.45 bits per heavy atom. The Morgan fingerprint density at radius 3 is 2.64 bits per heavy atom. The fourth-order valence-electron chi connectivity index (χ4n) is 0.684. The van der Waals surface area contributed by atoms with Crippen molar-refractivity contribution in [3.63, 3.8) is 0 Å². The standard InChI is InChI=1S/C8H12N2S/c1-2-11-7-8(6-10)4-3-5-9/h8H,2-4,7H2,1H3/t8-/m0/s1. The second-order valence-corrected chi connectivity index (χ2v) is 3.50. The van der Waals surface area contributed by atoms with E-state index >= 15 is 0 Å². The van der Waals surface area contributed by atoms with Crippen molar-refractivity contribution in [2.75, 3.05) is 11.5 Å². The third kappa shape index (κ3) is 5.76. The lowest BCUT2D eigenvalue weighted by molar-refractivity contribution is 0.685. The van der Waals surface area contributed by atoms with Crippen LogP contribution in [0.4, 0.5) is 0 Å². The molecular weight excluding hydrogens is 156 g/mol. The summed E-state index contributed by atoms with van der Waals surface area (Å²) in [4.78, 5) is 0. The highest BCUT2D eigenvalue weighted by Gasteiger charge is 2.05. The first-order valence-electron chi connectivity index (χ1n) is 3.69. The number of rotatable bonds is 5. The average molecular weight is 168 g/mol. The normalized spacial score (nSPS) is 11.5. The molecule has 0 aromatic carbocycles. The van der Waals surface area contributed by atoms with Crippen LogP contribution in [0.25, 0.3) is 0 Å². The van der Waals surface area contributed by atoms with E-state index in [1.807, 2.05) is 6.07 Å². The second kappa shape index (κ2) is 7.44. The summed E-state index contributed by atoms with van der Waals surface area (Å²) in [6.07, 6.45) is 1.22. The Morgan fingerprint density at radius 2 is 2.18 bits per heavy atom. The maximum atomic E-state index is 8.61. The molecule has 0 aromatic heterocycles. The summed E-state index contributed by atoms with van der Waals surface area (Å²) < 4.78 is 0. The van der Waals surface area contributed by atoms with Crippen molar-refractivity contribution >= 4 is 11.8 Å². The van der Waals surface area contributed by atoms with Gasteiger partial charge in [0, 0.05) is 12.2 Å². The van der Waals surface area contributed by atoms with Gasteiger partial charge in [0.25, 0.3) is 0 Å². The summed E-state index contributed by atoms with van der Waals surface area (Å²) in [5.74, 6) is 1.99. The van der Waals surface area contributed by atoms with Crippen molar-refractivity contribution in [3.05, 3.63) is 0 Å². The van der Waals surface area contributed by atoms with Crippen molar-refractivity contribution in [2.45, 2.75) is 19.8 Å². The maximum Gasteiger partial charge on any atom is 0.0664 e. The van der Waals surface area contributed by atoms with Gasteiger partial charge in [-0.3, -0.25) is 0 Å². The summed E-state index contributed by atoms with van der Waals surface area (Å²) in [5.41, 5.74) is 0. The van der Waals surface area contributed by atoms with Gasteiger partial charge in [0.05, 0.1) is 18.1 Å². The van der Waals surface area contributed by atoms with Crippen LogP contribution in [0.3, 0.4) is 0 Å². The van der Waals surface area contributed by atoms with Gasteiger partial charge in [-0.1, -0.05) is 6.92 Å². The molecule has 0 N–H and O–H groups in total. The van der Waals surface area contributed by atoms with Crippen LogP contribution in [-0.4, -0.2) is 11.5 Å². The third-order valence-corrected chi connectivity index (χ3v) is 2.36. The molecule has 0 aromatic rings. The lowest BCUT2D eigenvalue weighted by Gasteiger charge is -2.03. The molecule has 60 valence electrons. The highest BCUT2D eigenvalue weighted by Crippen LogP contribution is 2.12. The number of thioether (sulfide) groups is 1. The highest BCUT2D eigenvalue weighted by molar-refractivity contribution is 7.99. The molecule has 0 unspecified atom stereocenters. The van der Waals surface area contributed by atoms with Crippen LogP contribution in [0.5, 0.6) is 0 Å². The fourth-order valence-corrected chi connectivity index (χ4v) is 1.45. The van der Waals surface area contributed by atoms with E-state index in [0.29, 0.717) is 6.42 Å². The minimum atomic E-state index is 0.0691. The zero-order valence-electron chi connectivity index (χ0n) is 6.71. The molecule has 0 amide bonds. The van der Waals surface area contributed by atoms with Gasteiger partial charge in [-0.15, -0.1) is 0 Å². The molecule has 0 rings (SSSR count). The van der Waals surface area contributed by atoms with E-state index in [-0.39, 0.29) is 5.92 Å². The van der Waals surface area contributed by atoms with Gasteiger partial charge in [-0.2, -0.15) is 22.3 Å². The highest BCUT2D eigenvalue weighted by atomic mass is 32.2. The summed E-state index contributed by atoms with van der Waals surface area (Å²) in [6.45, 7) is 2.07. The molecule has 0 heterocycles.